The van der Waals surface area contributed by atoms with Gasteiger partial charge in [0.15, 0.2) is 0 Å². The molecule has 2 aromatic carbocycles. The second kappa shape index (κ2) is 11.8. The van der Waals surface area contributed by atoms with Gasteiger partial charge in [-0.2, -0.15) is 5.26 Å². The number of hydrogen-bond donors (Lipinski definition) is 0. The van der Waals surface area contributed by atoms with Gasteiger partial charge in [0, 0.05) is 5.33 Å². The summed E-state index contributed by atoms with van der Waals surface area (Å²) in [5, 5.41) is 11.0. The first kappa shape index (κ1) is 24.8. The van der Waals surface area contributed by atoms with Crippen molar-refractivity contribution < 1.29 is 9.47 Å². The molecule has 31 heavy (non-hydrogen) atoms. The molecule has 0 aromatic heterocycles. The van der Waals surface area contributed by atoms with Gasteiger partial charge in [0.25, 0.3) is 0 Å². The van der Waals surface area contributed by atoms with E-state index in [9.17, 15) is 5.26 Å². The van der Waals surface area contributed by atoms with Gasteiger partial charge in [-0.15, -0.1) is 0 Å². The Morgan fingerprint density at radius 1 is 1.26 bits per heavy atom. The van der Waals surface area contributed by atoms with Gasteiger partial charge in [-0.1, -0.05) is 59.8 Å². The second-order valence-electron chi connectivity index (χ2n) is 7.88. The number of aryl methyl sites for hydroxylation is 1. The predicted molar refractivity (Wildman–Crippen MR) is 133 cm³/mol. The molecule has 0 N–H and O–H groups in total. The lowest BCUT2D eigenvalue weighted by Gasteiger charge is -2.24. The van der Waals surface area contributed by atoms with E-state index in [0.29, 0.717) is 18.8 Å². The summed E-state index contributed by atoms with van der Waals surface area (Å²) in [5.74, 6) is 1.53. The summed E-state index contributed by atoms with van der Waals surface area (Å²) in [7, 11) is 1.64. The standard InChI is InChI=1S/C27H32BrNO2/c1-6-23(21(3)30-5)17-24-11-12-25(15-20(24)2)27(4,19-29)18-22-9-7-10-26(16-22)31-14-8-13-28/h7,9-12,15-17H,3,6,8,13-14,18H2,1-2,4-5H3/b23-17-. The van der Waals surface area contributed by atoms with Gasteiger partial charge in [0.05, 0.1) is 25.2 Å². The number of ether oxygens (including phenoxy) is 2. The third-order valence-corrected chi connectivity index (χ3v) is 6.03. The lowest BCUT2D eigenvalue weighted by molar-refractivity contribution is 0.301. The third-order valence-electron chi connectivity index (χ3n) is 5.47. The van der Waals surface area contributed by atoms with Gasteiger partial charge in [-0.25, -0.2) is 0 Å². The van der Waals surface area contributed by atoms with E-state index in [0.717, 1.165) is 51.7 Å². The molecule has 0 saturated heterocycles. The zero-order valence-electron chi connectivity index (χ0n) is 19.0. The number of nitriles is 1. The Morgan fingerprint density at radius 2 is 2.03 bits per heavy atom. The molecule has 0 aliphatic rings. The summed E-state index contributed by atoms with van der Waals surface area (Å²) < 4.78 is 11.1. The highest BCUT2D eigenvalue weighted by Crippen LogP contribution is 2.31. The Bertz CT molecular complexity index is 973. The van der Waals surface area contributed by atoms with E-state index >= 15 is 0 Å². The van der Waals surface area contributed by atoms with Crippen LogP contribution in [0.2, 0.25) is 0 Å². The van der Waals surface area contributed by atoms with Crippen LogP contribution in [0.25, 0.3) is 6.08 Å². The fraction of sp³-hybridized carbons (Fsp3) is 0.370. The van der Waals surface area contributed by atoms with Gasteiger partial charge in [-0.05, 0) is 79.1 Å². The Balaban J connectivity index is 2.28. The molecule has 0 fully saturated rings. The van der Waals surface area contributed by atoms with Crippen LogP contribution >= 0.6 is 15.9 Å². The number of methoxy groups -OCH3 is 1. The predicted octanol–water partition coefficient (Wildman–Crippen LogP) is 7.14. The Labute approximate surface area is 195 Å². The van der Waals surface area contributed by atoms with Crippen LogP contribution in [0.15, 0.2) is 60.4 Å². The molecule has 0 amide bonds. The van der Waals surface area contributed by atoms with Crippen molar-refractivity contribution in [2.24, 2.45) is 0 Å². The van der Waals surface area contributed by atoms with E-state index in [2.05, 4.69) is 72.8 Å². The monoisotopic (exact) mass is 481 g/mol. The molecule has 1 atom stereocenters. The van der Waals surface area contributed by atoms with Crippen molar-refractivity contribution in [3.63, 3.8) is 0 Å². The molecule has 0 bridgehead atoms. The highest BCUT2D eigenvalue weighted by atomic mass is 79.9. The maximum absolute atomic E-state index is 10.1. The van der Waals surface area contributed by atoms with Crippen molar-refractivity contribution >= 4 is 22.0 Å². The molecular formula is C27H32BrNO2. The minimum absolute atomic E-state index is 0.620. The van der Waals surface area contributed by atoms with Crippen LogP contribution in [0.4, 0.5) is 0 Å². The molecule has 164 valence electrons. The molecule has 0 heterocycles. The van der Waals surface area contributed by atoms with E-state index in [4.69, 9.17) is 9.47 Å². The highest BCUT2D eigenvalue weighted by Gasteiger charge is 2.27. The van der Waals surface area contributed by atoms with Crippen LogP contribution in [0, 0.1) is 18.3 Å². The summed E-state index contributed by atoms with van der Waals surface area (Å²) in [6.45, 7) is 10.8. The van der Waals surface area contributed by atoms with Crippen molar-refractivity contribution in [3.8, 4) is 11.8 Å². The Morgan fingerprint density at radius 3 is 2.65 bits per heavy atom. The topological polar surface area (TPSA) is 42.2 Å². The van der Waals surface area contributed by atoms with Crippen molar-refractivity contribution in [1.29, 1.82) is 5.26 Å². The van der Waals surface area contributed by atoms with Crippen molar-refractivity contribution in [1.82, 2.24) is 0 Å². The molecule has 0 aliphatic carbocycles. The Kier molecular flexibility index (Phi) is 9.40. The van der Waals surface area contributed by atoms with Crippen LogP contribution in [0.5, 0.6) is 5.75 Å². The van der Waals surface area contributed by atoms with Crippen molar-refractivity contribution in [2.75, 3.05) is 19.0 Å². The smallest absolute Gasteiger partial charge is 0.119 e. The summed E-state index contributed by atoms with van der Waals surface area (Å²) >= 11 is 3.42. The summed E-state index contributed by atoms with van der Waals surface area (Å²) in [4.78, 5) is 0. The van der Waals surface area contributed by atoms with Gasteiger partial charge in [0.1, 0.15) is 11.5 Å². The number of alkyl halides is 1. The maximum atomic E-state index is 10.1. The first-order valence-electron chi connectivity index (χ1n) is 10.6. The molecule has 0 aliphatic heterocycles. The van der Waals surface area contributed by atoms with Gasteiger partial charge in [-0.3, -0.25) is 0 Å². The number of nitrogens with zero attached hydrogens (tertiary/aromatic N) is 1. The number of hydrogen-bond acceptors (Lipinski definition) is 3. The second-order valence-corrected chi connectivity index (χ2v) is 8.67. The highest BCUT2D eigenvalue weighted by molar-refractivity contribution is 9.09. The minimum Gasteiger partial charge on any atom is -0.497 e. The van der Waals surface area contributed by atoms with Crippen molar-refractivity contribution in [2.45, 2.75) is 45.4 Å². The number of allylic oxidation sites excluding steroid dienone is 1. The van der Waals surface area contributed by atoms with Gasteiger partial charge in [0.2, 0.25) is 0 Å². The van der Waals surface area contributed by atoms with E-state index in [1.54, 1.807) is 7.11 Å². The van der Waals surface area contributed by atoms with Gasteiger partial charge < -0.3 is 9.47 Å². The van der Waals surface area contributed by atoms with Crippen molar-refractivity contribution in [3.05, 3.63) is 82.6 Å². The molecule has 1 unspecified atom stereocenters. The molecule has 2 rings (SSSR count). The van der Waals surface area contributed by atoms with E-state index in [1.165, 1.54) is 0 Å². The average molecular weight is 482 g/mol. The average Bonchev–Trinajstić information content (AvgIpc) is 2.78. The summed E-state index contributed by atoms with van der Waals surface area (Å²) in [6.07, 6.45) is 4.53. The summed E-state index contributed by atoms with van der Waals surface area (Å²) in [6, 6.07) is 16.9. The van der Waals surface area contributed by atoms with Crippen LogP contribution in [-0.4, -0.2) is 19.0 Å². The molecule has 3 nitrogen and oxygen atoms in total. The number of halogens is 1. The number of benzene rings is 2. The molecule has 2 aromatic rings. The van der Waals surface area contributed by atoms with Crippen LogP contribution in [0.1, 0.15) is 48.9 Å². The van der Waals surface area contributed by atoms with Gasteiger partial charge >= 0.3 is 0 Å². The molecule has 0 saturated carbocycles. The van der Waals surface area contributed by atoms with E-state index < -0.39 is 5.41 Å². The quantitative estimate of drug-likeness (QED) is 0.148. The molecule has 0 spiro atoms. The SMILES string of the molecule is C=C(OC)/C(=C\c1ccc(C(C)(C#N)Cc2cccc(OCCCBr)c2)cc1C)CC. The van der Waals surface area contributed by atoms with Crippen LogP contribution in [0.3, 0.4) is 0 Å². The minimum atomic E-state index is -0.634. The first-order chi connectivity index (χ1) is 14.9. The fourth-order valence-corrected chi connectivity index (χ4v) is 3.71. The normalized spacial score (nSPS) is 13.2. The first-order valence-corrected chi connectivity index (χ1v) is 11.7. The Hall–Kier alpha value is -2.51. The molecule has 0 radical (unpaired) electrons. The molecular weight excluding hydrogens is 450 g/mol. The fourth-order valence-electron chi connectivity index (χ4n) is 3.48. The van der Waals surface area contributed by atoms with E-state index in [1.807, 2.05) is 25.1 Å². The largest absolute Gasteiger partial charge is 0.497 e. The molecule has 4 heteroatoms. The number of rotatable bonds is 11. The lowest BCUT2D eigenvalue weighted by Crippen LogP contribution is -2.23. The maximum Gasteiger partial charge on any atom is 0.119 e. The lowest BCUT2D eigenvalue weighted by atomic mass is 9.77. The summed E-state index contributed by atoms with van der Waals surface area (Å²) in [5.41, 5.74) is 4.77. The zero-order valence-corrected chi connectivity index (χ0v) is 20.6. The third kappa shape index (κ3) is 6.74. The zero-order chi connectivity index (χ0) is 22.9. The van der Waals surface area contributed by atoms with Crippen LogP contribution < -0.4 is 4.74 Å². The van der Waals surface area contributed by atoms with Crippen LogP contribution in [-0.2, 0) is 16.6 Å². The van der Waals surface area contributed by atoms with E-state index in [-0.39, 0.29) is 0 Å².